The first-order chi connectivity index (χ1) is 17.2. The first-order valence-corrected chi connectivity index (χ1v) is 13.0. The van der Waals surface area contributed by atoms with E-state index in [9.17, 15) is 14.7 Å². The summed E-state index contributed by atoms with van der Waals surface area (Å²) in [4.78, 5) is 28.8. The van der Waals surface area contributed by atoms with Crippen LogP contribution in [0.1, 0.15) is 51.0 Å². The summed E-state index contributed by atoms with van der Waals surface area (Å²) in [6.45, 7) is 8.01. The number of aromatic nitrogens is 1. The molecule has 1 saturated carbocycles. The molecule has 0 aromatic carbocycles. The Bertz CT molecular complexity index is 1050. The number of H-pyrrole nitrogens is 1. The standard InChI is InChI=1S/C28H37NO7/c1-6-20-14(2)12-15(3)28-17(13-21(33-5)27(32)34-20)9-10-18-22(28)23(30)16(4)24(25(18)36-28)35-26(31)19-8-7-11-29-19/h7-12,14,16-18,20-25,29-30H,6,13H2,1-5H3/b15-12+/t14-,16-,17-,18-,20+,21+,22+,23-,24-,25-,28+/m1/s1. The lowest BCUT2D eigenvalue weighted by Crippen LogP contribution is -2.57. The second-order valence-electron chi connectivity index (χ2n) is 10.8. The summed E-state index contributed by atoms with van der Waals surface area (Å²) in [5, 5.41) is 11.7. The lowest BCUT2D eigenvalue weighted by molar-refractivity contribution is -0.166. The molecule has 1 aromatic heterocycles. The summed E-state index contributed by atoms with van der Waals surface area (Å²) in [6, 6.07) is 3.41. The predicted molar refractivity (Wildman–Crippen MR) is 131 cm³/mol. The summed E-state index contributed by atoms with van der Waals surface area (Å²) in [7, 11) is 1.52. The van der Waals surface area contributed by atoms with E-state index >= 15 is 0 Å². The van der Waals surface area contributed by atoms with Crippen molar-refractivity contribution in [3.63, 3.8) is 0 Å². The zero-order valence-corrected chi connectivity index (χ0v) is 21.5. The monoisotopic (exact) mass is 499 g/mol. The number of rotatable bonds is 4. The second kappa shape index (κ2) is 9.47. The zero-order chi connectivity index (χ0) is 25.8. The van der Waals surface area contributed by atoms with Crippen LogP contribution in [-0.2, 0) is 23.7 Å². The molecule has 36 heavy (non-hydrogen) atoms. The lowest BCUT2D eigenvalue weighted by Gasteiger charge is -2.48. The fourth-order valence-corrected chi connectivity index (χ4v) is 7.09. The smallest absolute Gasteiger partial charge is 0.355 e. The molecular formula is C28H37NO7. The molecule has 8 heteroatoms. The Labute approximate surface area is 212 Å². The number of aromatic amines is 1. The third-order valence-corrected chi connectivity index (χ3v) is 8.95. The Kier molecular flexibility index (Phi) is 6.64. The van der Waals surface area contributed by atoms with Crippen molar-refractivity contribution in [2.24, 2.45) is 29.6 Å². The van der Waals surface area contributed by atoms with Gasteiger partial charge in [-0.15, -0.1) is 0 Å². The average molecular weight is 500 g/mol. The number of nitrogens with one attached hydrogen (secondary N) is 1. The molecule has 3 heterocycles. The molecule has 2 N–H and O–H groups in total. The third-order valence-electron chi connectivity index (χ3n) is 8.95. The maximum Gasteiger partial charge on any atom is 0.355 e. The maximum atomic E-state index is 13.0. The minimum Gasteiger partial charge on any atom is -0.460 e. The SMILES string of the molecule is CC[C@@H]1OC(=O)[C@@H](OC)C[C@H]2C=C[C@H]3[C@H]4O[C@]2(/C(C)=C/[C@H]1C)[C@@H]3[C@H](O)[C@@H](C)[C@H]4OC(=O)c1ccc[nH]1. The molecular weight excluding hydrogens is 462 g/mol. The Hall–Kier alpha value is -2.42. The van der Waals surface area contributed by atoms with Gasteiger partial charge in [-0.1, -0.05) is 39.0 Å². The molecule has 0 radical (unpaired) electrons. The fraction of sp³-hybridized carbons (Fsp3) is 0.643. The Balaban J connectivity index is 1.57. The molecule has 1 spiro atoms. The fourth-order valence-electron chi connectivity index (χ4n) is 7.09. The lowest BCUT2D eigenvalue weighted by atomic mass is 9.57. The van der Waals surface area contributed by atoms with Crippen LogP contribution in [-0.4, -0.2) is 65.3 Å². The number of ether oxygens (including phenoxy) is 4. The molecule has 1 saturated heterocycles. The number of cyclic esters (lactones) is 1. The van der Waals surface area contributed by atoms with E-state index in [4.69, 9.17) is 18.9 Å². The summed E-state index contributed by atoms with van der Waals surface area (Å²) in [6.07, 6.45) is 6.19. The van der Waals surface area contributed by atoms with Crippen LogP contribution in [0.15, 0.2) is 42.1 Å². The van der Waals surface area contributed by atoms with E-state index in [1.165, 1.54) is 7.11 Å². The van der Waals surface area contributed by atoms with Crippen molar-refractivity contribution in [2.75, 3.05) is 7.11 Å². The van der Waals surface area contributed by atoms with Crippen molar-refractivity contribution in [1.29, 1.82) is 0 Å². The minimum absolute atomic E-state index is 0.0472. The van der Waals surface area contributed by atoms with E-state index in [0.29, 0.717) is 18.5 Å². The van der Waals surface area contributed by atoms with Gasteiger partial charge >= 0.3 is 11.9 Å². The molecule has 2 aliphatic carbocycles. The molecule has 0 amide bonds. The molecule has 1 aromatic rings. The second-order valence-corrected chi connectivity index (χ2v) is 10.8. The first-order valence-electron chi connectivity index (χ1n) is 13.0. The van der Waals surface area contributed by atoms with Crippen LogP contribution in [0.4, 0.5) is 0 Å². The van der Waals surface area contributed by atoms with Crippen LogP contribution >= 0.6 is 0 Å². The van der Waals surface area contributed by atoms with Crippen LogP contribution in [0.25, 0.3) is 0 Å². The van der Waals surface area contributed by atoms with Gasteiger partial charge in [0, 0.05) is 42.9 Å². The third kappa shape index (κ3) is 3.76. The summed E-state index contributed by atoms with van der Waals surface area (Å²) >= 11 is 0. The van der Waals surface area contributed by atoms with E-state index in [0.717, 1.165) is 5.57 Å². The van der Waals surface area contributed by atoms with Gasteiger partial charge in [0.2, 0.25) is 0 Å². The molecule has 4 aliphatic rings. The minimum atomic E-state index is -0.841. The van der Waals surface area contributed by atoms with Crippen LogP contribution in [0.2, 0.25) is 0 Å². The van der Waals surface area contributed by atoms with Crippen LogP contribution in [0.5, 0.6) is 0 Å². The molecule has 196 valence electrons. The van der Waals surface area contributed by atoms with E-state index < -0.39 is 36.0 Å². The Morgan fingerprint density at radius 2 is 2.08 bits per heavy atom. The van der Waals surface area contributed by atoms with Gasteiger partial charge in [-0.05, 0) is 37.5 Å². The van der Waals surface area contributed by atoms with E-state index in [-0.39, 0.29) is 41.7 Å². The van der Waals surface area contributed by atoms with E-state index in [2.05, 4.69) is 30.1 Å². The topological polar surface area (TPSA) is 107 Å². The summed E-state index contributed by atoms with van der Waals surface area (Å²) in [5.74, 6) is -1.78. The summed E-state index contributed by atoms with van der Waals surface area (Å²) < 4.78 is 24.4. The average Bonchev–Trinajstić information content (AvgIpc) is 3.46. The molecule has 2 aliphatic heterocycles. The highest BCUT2D eigenvalue weighted by atomic mass is 16.6. The number of aliphatic hydroxyl groups is 1. The number of carbonyl (C=O) groups is 2. The van der Waals surface area contributed by atoms with Gasteiger partial charge in [-0.25, -0.2) is 9.59 Å². The van der Waals surface area contributed by atoms with E-state index in [1.807, 2.05) is 20.8 Å². The van der Waals surface area contributed by atoms with Gasteiger partial charge in [0.1, 0.15) is 29.6 Å². The first kappa shape index (κ1) is 25.2. The van der Waals surface area contributed by atoms with Crippen LogP contribution in [0, 0.1) is 29.6 Å². The van der Waals surface area contributed by atoms with Gasteiger partial charge in [-0.3, -0.25) is 0 Å². The quantitative estimate of drug-likeness (QED) is 0.483. The number of hydrogen-bond donors (Lipinski definition) is 2. The number of aliphatic hydroxyl groups excluding tert-OH is 1. The highest BCUT2D eigenvalue weighted by Crippen LogP contribution is 2.61. The van der Waals surface area contributed by atoms with Crippen molar-refractivity contribution in [3.8, 4) is 0 Å². The van der Waals surface area contributed by atoms with Gasteiger partial charge in [0.05, 0.1) is 6.10 Å². The molecule has 2 fully saturated rings. The van der Waals surface area contributed by atoms with Crippen molar-refractivity contribution < 1.29 is 33.6 Å². The molecule has 8 nitrogen and oxygen atoms in total. The summed E-state index contributed by atoms with van der Waals surface area (Å²) in [5.41, 5.74) is 0.532. The number of methoxy groups -OCH3 is 1. The Morgan fingerprint density at radius 1 is 1.31 bits per heavy atom. The van der Waals surface area contributed by atoms with Crippen molar-refractivity contribution >= 4 is 11.9 Å². The van der Waals surface area contributed by atoms with Crippen LogP contribution in [0.3, 0.4) is 0 Å². The van der Waals surface area contributed by atoms with E-state index in [1.54, 1.807) is 18.3 Å². The van der Waals surface area contributed by atoms with Crippen molar-refractivity contribution in [2.45, 2.75) is 76.7 Å². The predicted octanol–water partition coefficient (Wildman–Crippen LogP) is 3.43. The highest BCUT2D eigenvalue weighted by Gasteiger charge is 2.69. The highest BCUT2D eigenvalue weighted by molar-refractivity contribution is 5.87. The number of carbonyl (C=O) groups excluding carboxylic acids is 2. The van der Waals surface area contributed by atoms with Gasteiger partial charge in [0.25, 0.3) is 0 Å². The van der Waals surface area contributed by atoms with Crippen LogP contribution < -0.4 is 0 Å². The van der Waals surface area contributed by atoms with Crippen molar-refractivity contribution in [3.05, 3.63) is 47.8 Å². The normalized spacial score (nSPS) is 45.3. The van der Waals surface area contributed by atoms with Gasteiger partial charge in [-0.2, -0.15) is 0 Å². The molecule has 11 atom stereocenters. The molecule has 4 bridgehead atoms. The zero-order valence-electron chi connectivity index (χ0n) is 21.5. The largest absolute Gasteiger partial charge is 0.460 e. The van der Waals surface area contributed by atoms with Crippen molar-refractivity contribution in [1.82, 2.24) is 4.98 Å². The maximum absolute atomic E-state index is 13.0. The molecule has 5 rings (SSSR count). The number of esters is 2. The molecule has 0 unspecified atom stereocenters. The number of hydrogen-bond acceptors (Lipinski definition) is 7. The Morgan fingerprint density at radius 3 is 2.75 bits per heavy atom. The van der Waals surface area contributed by atoms with Gasteiger partial charge in [0.15, 0.2) is 6.10 Å². The van der Waals surface area contributed by atoms with Gasteiger partial charge < -0.3 is 29.0 Å².